The topological polar surface area (TPSA) is 86.5 Å². The molecule has 0 saturated carbocycles. The Bertz CT molecular complexity index is 465. The minimum absolute atomic E-state index is 0.00333. The summed E-state index contributed by atoms with van der Waals surface area (Å²) in [5.74, 6) is -1.79. The number of carbonyl (C=O) groups excluding carboxylic acids is 2. The fourth-order valence-electron chi connectivity index (χ4n) is 1.56. The van der Waals surface area contributed by atoms with Crippen LogP contribution >= 0.6 is 0 Å². The van der Waals surface area contributed by atoms with Crippen LogP contribution in [0.25, 0.3) is 0 Å². The van der Waals surface area contributed by atoms with Gasteiger partial charge in [-0.25, -0.2) is 0 Å². The molecule has 0 amide bonds. The monoisotopic (exact) mass is 221 g/mol. The number of non-ortho nitro benzene ring substituents is 1. The van der Waals surface area contributed by atoms with Crippen LogP contribution in [0.2, 0.25) is 0 Å². The summed E-state index contributed by atoms with van der Waals surface area (Å²) in [5, 5.41) is 10.4. The fourth-order valence-corrected chi connectivity index (χ4v) is 1.56. The Morgan fingerprint density at radius 3 is 2.31 bits per heavy atom. The number of carbonyl (C=O) groups is 2. The minimum atomic E-state index is -0.631. The van der Waals surface area contributed by atoms with Gasteiger partial charge in [0.15, 0.2) is 0 Å². The van der Waals surface area contributed by atoms with Crippen LogP contribution in [-0.2, 0) is 14.3 Å². The average Bonchev–Trinajstić information content (AvgIpc) is 2.58. The van der Waals surface area contributed by atoms with Gasteiger partial charge in [0.25, 0.3) is 5.69 Å². The van der Waals surface area contributed by atoms with Crippen LogP contribution in [0.4, 0.5) is 5.69 Å². The molecular formula is C10H7NO5. The summed E-state index contributed by atoms with van der Waals surface area (Å²) in [6.45, 7) is 0. The van der Waals surface area contributed by atoms with Crippen LogP contribution in [0.1, 0.15) is 17.9 Å². The zero-order valence-corrected chi connectivity index (χ0v) is 8.08. The summed E-state index contributed by atoms with van der Waals surface area (Å²) < 4.78 is 4.39. The second-order valence-corrected chi connectivity index (χ2v) is 3.40. The molecular weight excluding hydrogens is 214 g/mol. The zero-order chi connectivity index (χ0) is 11.7. The zero-order valence-electron chi connectivity index (χ0n) is 8.08. The summed E-state index contributed by atoms with van der Waals surface area (Å²) in [4.78, 5) is 32.0. The lowest BCUT2D eigenvalue weighted by Crippen LogP contribution is -2.05. The first-order valence-corrected chi connectivity index (χ1v) is 4.57. The van der Waals surface area contributed by atoms with E-state index in [9.17, 15) is 19.7 Å². The van der Waals surface area contributed by atoms with E-state index in [4.69, 9.17) is 0 Å². The molecule has 0 aromatic heterocycles. The molecule has 16 heavy (non-hydrogen) atoms. The van der Waals surface area contributed by atoms with Crippen molar-refractivity contribution in [1.29, 1.82) is 0 Å². The predicted octanol–water partition coefficient (Wildman–Crippen LogP) is 1.15. The molecule has 2 rings (SSSR count). The van der Waals surface area contributed by atoms with Gasteiger partial charge >= 0.3 is 11.9 Å². The highest BCUT2D eigenvalue weighted by Crippen LogP contribution is 2.28. The number of hydrogen-bond acceptors (Lipinski definition) is 5. The third kappa shape index (κ3) is 1.77. The molecule has 0 aliphatic carbocycles. The lowest BCUT2D eigenvalue weighted by Gasteiger charge is -2.03. The Labute approximate surface area is 90.0 Å². The number of cyclic esters (lactones) is 2. The van der Waals surface area contributed by atoms with Crippen molar-refractivity contribution in [2.75, 3.05) is 0 Å². The normalized spacial score (nSPS) is 19.6. The molecule has 6 heteroatoms. The summed E-state index contributed by atoms with van der Waals surface area (Å²) in [6, 6.07) is 5.52. The van der Waals surface area contributed by atoms with Gasteiger partial charge < -0.3 is 4.74 Å². The highest BCUT2D eigenvalue weighted by molar-refractivity contribution is 5.97. The van der Waals surface area contributed by atoms with Crippen molar-refractivity contribution in [2.45, 2.75) is 12.3 Å². The highest BCUT2D eigenvalue weighted by Gasteiger charge is 2.34. The number of esters is 2. The van der Waals surface area contributed by atoms with Crippen molar-refractivity contribution in [3.8, 4) is 0 Å². The first kappa shape index (κ1) is 10.3. The Balaban J connectivity index is 2.25. The molecule has 0 bridgehead atoms. The van der Waals surface area contributed by atoms with Crippen LogP contribution in [0.15, 0.2) is 24.3 Å². The van der Waals surface area contributed by atoms with Crippen LogP contribution < -0.4 is 0 Å². The molecule has 1 fully saturated rings. The Morgan fingerprint density at radius 1 is 1.25 bits per heavy atom. The first-order chi connectivity index (χ1) is 7.58. The number of nitro groups is 1. The molecule has 1 aromatic carbocycles. The van der Waals surface area contributed by atoms with Crippen LogP contribution in [-0.4, -0.2) is 16.9 Å². The molecule has 1 atom stereocenters. The number of benzene rings is 1. The van der Waals surface area contributed by atoms with E-state index in [1.807, 2.05) is 0 Å². The average molecular weight is 221 g/mol. The summed E-state index contributed by atoms with van der Waals surface area (Å²) in [7, 11) is 0. The number of nitro benzene ring substituents is 1. The van der Waals surface area contributed by atoms with Crippen LogP contribution in [0, 0.1) is 10.1 Å². The maximum absolute atomic E-state index is 11.2. The van der Waals surface area contributed by atoms with Crippen LogP contribution in [0.5, 0.6) is 0 Å². The van der Waals surface area contributed by atoms with Gasteiger partial charge in [0.1, 0.15) is 0 Å². The van der Waals surface area contributed by atoms with E-state index >= 15 is 0 Å². The predicted molar refractivity (Wildman–Crippen MR) is 51.6 cm³/mol. The molecule has 0 spiro atoms. The lowest BCUT2D eigenvalue weighted by molar-refractivity contribution is -0.384. The summed E-state index contributed by atoms with van der Waals surface area (Å²) in [5.41, 5.74) is 0.503. The smallest absolute Gasteiger partial charge is 0.321 e. The van der Waals surface area contributed by atoms with Crippen molar-refractivity contribution in [1.82, 2.24) is 0 Å². The van der Waals surface area contributed by atoms with Crippen molar-refractivity contribution < 1.29 is 19.2 Å². The third-order valence-corrected chi connectivity index (χ3v) is 2.38. The fraction of sp³-hybridized carbons (Fsp3) is 0.200. The molecule has 82 valence electrons. The van der Waals surface area contributed by atoms with E-state index in [1.54, 1.807) is 0 Å². The number of ether oxygens (including phenoxy) is 1. The Hall–Kier alpha value is -2.24. The van der Waals surface area contributed by atoms with Crippen LogP contribution in [0.3, 0.4) is 0 Å². The molecule has 0 radical (unpaired) electrons. The van der Waals surface area contributed by atoms with Gasteiger partial charge in [-0.05, 0) is 5.56 Å². The van der Waals surface area contributed by atoms with E-state index in [-0.39, 0.29) is 12.1 Å². The standard InChI is InChI=1S/C10H7NO5/c12-9-5-8(10(13)16-9)6-1-3-7(4-2-6)11(14)15/h1-4,8H,5H2. The van der Waals surface area contributed by atoms with E-state index < -0.39 is 22.8 Å². The van der Waals surface area contributed by atoms with Crippen molar-refractivity contribution in [3.63, 3.8) is 0 Å². The molecule has 1 heterocycles. The molecule has 1 unspecified atom stereocenters. The molecule has 6 nitrogen and oxygen atoms in total. The van der Waals surface area contributed by atoms with E-state index in [0.29, 0.717) is 5.56 Å². The summed E-state index contributed by atoms with van der Waals surface area (Å²) >= 11 is 0. The number of nitrogens with zero attached hydrogens (tertiary/aromatic N) is 1. The van der Waals surface area contributed by atoms with Crippen molar-refractivity contribution in [2.24, 2.45) is 0 Å². The third-order valence-electron chi connectivity index (χ3n) is 2.38. The quantitative estimate of drug-likeness (QED) is 0.323. The van der Waals surface area contributed by atoms with Gasteiger partial charge in [0.2, 0.25) is 0 Å². The number of rotatable bonds is 2. The molecule has 1 aliphatic rings. The molecule has 1 aromatic rings. The van der Waals surface area contributed by atoms with E-state index in [2.05, 4.69) is 4.74 Å². The Morgan fingerprint density at radius 2 is 1.88 bits per heavy atom. The van der Waals surface area contributed by atoms with E-state index in [0.717, 1.165) is 0 Å². The van der Waals surface area contributed by atoms with Crippen molar-refractivity contribution in [3.05, 3.63) is 39.9 Å². The van der Waals surface area contributed by atoms with E-state index in [1.165, 1.54) is 24.3 Å². The second kappa shape index (κ2) is 3.73. The summed E-state index contributed by atoms with van der Waals surface area (Å²) in [6.07, 6.45) is -0.00333. The SMILES string of the molecule is O=C1CC(c2ccc([N+](=O)[O-])cc2)C(=O)O1. The Kier molecular flexibility index (Phi) is 2.40. The maximum atomic E-state index is 11.2. The van der Waals surface area contributed by atoms with Gasteiger partial charge in [-0.2, -0.15) is 0 Å². The minimum Gasteiger partial charge on any atom is -0.393 e. The maximum Gasteiger partial charge on any atom is 0.321 e. The van der Waals surface area contributed by atoms with Crippen molar-refractivity contribution >= 4 is 17.6 Å². The lowest BCUT2D eigenvalue weighted by atomic mass is 9.98. The molecule has 1 aliphatic heterocycles. The largest absolute Gasteiger partial charge is 0.393 e. The first-order valence-electron chi connectivity index (χ1n) is 4.57. The molecule has 1 saturated heterocycles. The van der Waals surface area contributed by atoms with Gasteiger partial charge in [-0.15, -0.1) is 0 Å². The second-order valence-electron chi connectivity index (χ2n) is 3.40. The van der Waals surface area contributed by atoms with Gasteiger partial charge in [-0.1, -0.05) is 12.1 Å². The molecule has 0 N–H and O–H groups in total. The van der Waals surface area contributed by atoms with Gasteiger partial charge in [0, 0.05) is 12.1 Å². The van der Waals surface area contributed by atoms with Gasteiger partial charge in [-0.3, -0.25) is 19.7 Å². The number of hydrogen-bond donors (Lipinski definition) is 0. The highest BCUT2D eigenvalue weighted by atomic mass is 16.6. The van der Waals surface area contributed by atoms with Gasteiger partial charge in [0.05, 0.1) is 17.3 Å².